The number of ether oxygens (including phenoxy) is 1. The maximum Gasteiger partial charge on any atom is 0.420 e. The Morgan fingerprint density at radius 3 is 2.54 bits per heavy atom. The molecule has 0 saturated carbocycles. The number of carbonyl (C=O) groups excluding carboxylic acids is 1. The van der Waals surface area contributed by atoms with Gasteiger partial charge < -0.3 is 9.15 Å². The average Bonchev–Trinajstić information content (AvgIpc) is 3.31. The minimum absolute atomic E-state index is 0.0839. The lowest BCUT2D eigenvalue weighted by atomic mass is 10.3. The second kappa shape index (κ2) is 7.66. The second-order valence-corrected chi connectivity index (χ2v) is 8.77. The van der Waals surface area contributed by atoms with Crippen molar-refractivity contribution in [3.05, 3.63) is 28.7 Å². The van der Waals surface area contributed by atoms with E-state index in [1.165, 1.54) is 27.1 Å². The summed E-state index contributed by atoms with van der Waals surface area (Å²) in [6.45, 7) is 2.97. The molecule has 3 heterocycles. The van der Waals surface area contributed by atoms with Crippen LogP contribution in [-0.2, 0) is 26.1 Å². The molecule has 0 radical (unpaired) electrons. The molecule has 2 fully saturated rings. The van der Waals surface area contributed by atoms with Gasteiger partial charge in [-0.05, 0) is 25.0 Å². The lowest BCUT2D eigenvalue weighted by Gasteiger charge is -2.26. The quantitative estimate of drug-likeness (QED) is 0.722. The van der Waals surface area contributed by atoms with Crippen molar-refractivity contribution < 1.29 is 22.4 Å². The monoisotopic (exact) mass is 410 g/mol. The Hall–Kier alpha value is -2.21. The number of nitrogens with one attached hydrogen (secondary N) is 1. The van der Waals surface area contributed by atoms with Gasteiger partial charge in [-0.2, -0.15) is 4.31 Å². The van der Waals surface area contributed by atoms with E-state index in [2.05, 4.69) is 5.43 Å². The van der Waals surface area contributed by atoms with E-state index in [1.807, 2.05) is 0 Å². The van der Waals surface area contributed by atoms with Crippen LogP contribution in [0.15, 0.2) is 32.3 Å². The zero-order valence-electron chi connectivity index (χ0n) is 15.3. The summed E-state index contributed by atoms with van der Waals surface area (Å²) in [5.41, 5.74) is 3.25. The molecule has 2 aliphatic heterocycles. The number of benzene rings is 1. The maximum absolute atomic E-state index is 12.7. The van der Waals surface area contributed by atoms with Crippen molar-refractivity contribution in [2.75, 3.05) is 39.4 Å². The van der Waals surface area contributed by atoms with Gasteiger partial charge in [0, 0.05) is 32.2 Å². The van der Waals surface area contributed by atoms with Gasteiger partial charge in [0.05, 0.1) is 23.6 Å². The standard InChI is InChI=1S/C17H22N4O6S/c22-16(18-19-7-9-26-10-8-19)12-21-14-4-3-13(11-15(14)27-17(21)23)28(24,25)20-5-1-2-6-20/h3-4,11H,1-2,5-10,12H2,(H,18,22). The smallest absolute Gasteiger partial charge is 0.408 e. The van der Waals surface area contributed by atoms with E-state index >= 15 is 0 Å². The van der Waals surface area contributed by atoms with Crippen molar-refractivity contribution in [3.8, 4) is 0 Å². The number of hydrogen-bond acceptors (Lipinski definition) is 7. The summed E-state index contributed by atoms with van der Waals surface area (Å²) in [6, 6.07) is 4.30. The first-order valence-corrected chi connectivity index (χ1v) is 10.6. The summed E-state index contributed by atoms with van der Waals surface area (Å²) in [5, 5.41) is 1.74. The van der Waals surface area contributed by atoms with Gasteiger partial charge in [-0.3, -0.25) is 14.8 Å². The summed E-state index contributed by atoms with van der Waals surface area (Å²) in [6.07, 6.45) is 1.68. The van der Waals surface area contributed by atoms with Gasteiger partial charge >= 0.3 is 5.76 Å². The summed E-state index contributed by atoms with van der Waals surface area (Å²) >= 11 is 0. The van der Waals surface area contributed by atoms with Crippen molar-refractivity contribution in [3.63, 3.8) is 0 Å². The number of fused-ring (bicyclic) bond motifs is 1. The molecule has 1 amide bonds. The van der Waals surface area contributed by atoms with Crippen molar-refractivity contribution in [1.29, 1.82) is 0 Å². The minimum Gasteiger partial charge on any atom is -0.408 e. The molecular formula is C17H22N4O6S. The molecule has 11 heteroatoms. The van der Waals surface area contributed by atoms with Crippen LogP contribution in [-0.4, -0.2) is 67.6 Å². The van der Waals surface area contributed by atoms with E-state index in [-0.39, 0.29) is 22.9 Å². The SMILES string of the molecule is O=C(Cn1c(=O)oc2cc(S(=O)(=O)N3CCCC3)ccc21)NN1CCOCC1. The zero-order valence-corrected chi connectivity index (χ0v) is 16.1. The summed E-state index contributed by atoms with van der Waals surface area (Å²) < 4.78 is 38.4. The Kier molecular flexibility index (Phi) is 5.23. The first-order chi connectivity index (χ1) is 13.4. The predicted octanol–water partition coefficient (Wildman–Crippen LogP) is -0.258. The Morgan fingerprint density at radius 1 is 1.11 bits per heavy atom. The van der Waals surface area contributed by atoms with E-state index < -0.39 is 15.8 Å². The number of aromatic nitrogens is 1. The highest BCUT2D eigenvalue weighted by Gasteiger charge is 2.28. The fourth-order valence-electron chi connectivity index (χ4n) is 3.46. The Morgan fingerprint density at radius 2 is 1.82 bits per heavy atom. The van der Waals surface area contributed by atoms with E-state index in [0.717, 1.165) is 12.8 Å². The lowest BCUT2D eigenvalue weighted by molar-refractivity contribution is -0.128. The highest BCUT2D eigenvalue weighted by Crippen LogP contribution is 2.24. The van der Waals surface area contributed by atoms with Crippen molar-refractivity contribution in [1.82, 2.24) is 19.3 Å². The normalized spacial score (nSPS) is 19.3. The number of hydrazine groups is 1. The van der Waals surface area contributed by atoms with E-state index in [0.29, 0.717) is 44.9 Å². The third-order valence-electron chi connectivity index (χ3n) is 4.94. The van der Waals surface area contributed by atoms with E-state index in [4.69, 9.17) is 9.15 Å². The number of rotatable bonds is 5. The van der Waals surface area contributed by atoms with Crippen LogP contribution < -0.4 is 11.2 Å². The Balaban J connectivity index is 1.56. The van der Waals surface area contributed by atoms with Crippen LogP contribution in [0, 0.1) is 0 Å². The zero-order chi connectivity index (χ0) is 19.7. The highest BCUT2D eigenvalue weighted by atomic mass is 32.2. The molecule has 2 saturated heterocycles. The molecule has 2 aliphatic rings. The second-order valence-electron chi connectivity index (χ2n) is 6.83. The number of nitrogens with zero attached hydrogens (tertiary/aromatic N) is 3. The number of carbonyl (C=O) groups is 1. The molecule has 0 bridgehead atoms. The number of hydrogen-bond donors (Lipinski definition) is 1. The summed E-state index contributed by atoms with van der Waals surface area (Å²) in [7, 11) is -3.61. The van der Waals surface area contributed by atoms with Gasteiger partial charge in [-0.1, -0.05) is 0 Å². The van der Waals surface area contributed by atoms with Gasteiger partial charge in [0.1, 0.15) is 6.54 Å². The van der Waals surface area contributed by atoms with Crippen LogP contribution in [0.3, 0.4) is 0 Å². The van der Waals surface area contributed by atoms with Crippen molar-refractivity contribution in [2.24, 2.45) is 0 Å². The van der Waals surface area contributed by atoms with Crippen LogP contribution in [0.4, 0.5) is 0 Å². The van der Waals surface area contributed by atoms with Crippen LogP contribution >= 0.6 is 0 Å². The predicted molar refractivity (Wildman–Crippen MR) is 99.0 cm³/mol. The fourth-order valence-corrected chi connectivity index (χ4v) is 5.00. The lowest BCUT2D eigenvalue weighted by Crippen LogP contribution is -2.49. The maximum atomic E-state index is 12.7. The van der Waals surface area contributed by atoms with Gasteiger partial charge in [-0.15, -0.1) is 0 Å². The van der Waals surface area contributed by atoms with Crippen LogP contribution in [0.5, 0.6) is 0 Å². The number of amides is 1. The number of oxazole rings is 1. The largest absolute Gasteiger partial charge is 0.420 e. The summed E-state index contributed by atoms with van der Waals surface area (Å²) in [5.74, 6) is -1.07. The number of morpholine rings is 1. The minimum atomic E-state index is -3.61. The molecular weight excluding hydrogens is 388 g/mol. The topological polar surface area (TPSA) is 114 Å². The van der Waals surface area contributed by atoms with Crippen LogP contribution in [0.1, 0.15) is 12.8 Å². The van der Waals surface area contributed by atoms with Gasteiger partial charge in [0.15, 0.2) is 5.58 Å². The molecule has 10 nitrogen and oxygen atoms in total. The van der Waals surface area contributed by atoms with Gasteiger partial charge in [0.25, 0.3) is 5.91 Å². The molecule has 2 aromatic rings. The van der Waals surface area contributed by atoms with E-state index in [9.17, 15) is 18.0 Å². The molecule has 0 spiro atoms. The van der Waals surface area contributed by atoms with E-state index in [1.54, 1.807) is 5.01 Å². The Bertz CT molecular complexity index is 1030. The average molecular weight is 410 g/mol. The van der Waals surface area contributed by atoms with Gasteiger partial charge in [0.2, 0.25) is 10.0 Å². The van der Waals surface area contributed by atoms with Crippen LogP contribution in [0.25, 0.3) is 11.1 Å². The third-order valence-corrected chi connectivity index (χ3v) is 6.83. The number of sulfonamides is 1. The van der Waals surface area contributed by atoms with Crippen LogP contribution in [0.2, 0.25) is 0 Å². The molecule has 1 N–H and O–H groups in total. The first-order valence-electron chi connectivity index (χ1n) is 9.21. The molecule has 0 unspecified atom stereocenters. The van der Waals surface area contributed by atoms with Crippen molar-refractivity contribution >= 4 is 27.0 Å². The first kappa shape index (κ1) is 19.1. The Labute approximate surface area is 161 Å². The molecule has 1 aromatic carbocycles. The van der Waals surface area contributed by atoms with Crippen molar-refractivity contribution in [2.45, 2.75) is 24.3 Å². The highest BCUT2D eigenvalue weighted by molar-refractivity contribution is 7.89. The fraction of sp³-hybridized carbons (Fsp3) is 0.529. The molecule has 28 heavy (non-hydrogen) atoms. The summed E-state index contributed by atoms with van der Waals surface area (Å²) in [4.78, 5) is 24.6. The molecule has 152 valence electrons. The molecule has 0 aliphatic carbocycles. The molecule has 1 aromatic heterocycles. The third kappa shape index (κ3) is 3.70. The van der Waals surface area contributed by atoms with Gasteiger partial charge in [-0.25, -0.2) is 18.2 Å². The molecule has 0 atom stereocenters. The molecule has 4 rings (SSSR count).